The Morgan fingerprint density at radius 3 is 2.95 bits per heavy atom. The van der Waals surface area contributed by atoms with E-state index in [0.717, 1.165) is 24.3 Å². The van der Waals surface area contributed by atoms with Gasteiger partial charge in [-0.3, -0.25) is 9.36 Å². The van der Waals surface area contributed by atoms with Crippen LogP contribution >= 0.6 is 0 Å². The second-order valence-corrected chi connectivity index (χ2v) is 4.75. The molecule has 1 N–H and O–H groups in total. The van der Waals surface area contributed by atoms with Crippen molar-refractivity contribution in [2.75, 3.05) is 19.0 Å². The molecule has 0 atom stereocenters. The largest absolute Gasteiger partial charge is 0.468 e. The molecule has 0 aliphatic heterocycles. The Bertz CT molecular complexity index is 667. The number of hydrogen-bond donors (Lipinski definition) is 1. The van der Waals surface area contributed by atoms with Crippen LogP contribution in [0.25, 0.3) is 0 Å². The van der Waals surface area contributed by atoms with E-state index in [9.17, 15) is 4.79 Å². The number of ether oxygens (including phenoxy) is 1. The minimum atomic E-state index is -0.135. The van der Waals surface area contributed by atoms with Crippen LogP contribution in [0.3, 0.4) is 0 Å². The third-order valence-corrected chi connectivity index (χ3v) is 3.05. The van der Waals surface area contributed by atoms with E-state index in [0.29, 0.717) is 18.2 Å². The van der Waals surface area contributed by atoms with Crippen LogP contribution in [0.4, 0.5) is 5.82 Å². The monoisotopic (exact) mass is 288 g/mol. The fourth-order valence-electron chi connectivity index (χ4n) is 2.03. The average Bonchev–Trinajstić information content (AvgIpc) is 2.48. The standard InChI is InChI=1S/C15H20N4O2/c1-4-7-16-14-12(6-5-8-17-14)10-19-13(20)9-11(2)18-15(19)21-3/h5-6,8-9H,4,7,10H2,1-3H3,(H,16,17). The van der Waals surface area contributed by atoms with Crippen molar-refractivity contribution in [1.29, 1.82) is 0 Å². The highest BCUT2D eigenvalue weighted by atomic mass is 16.5. The van der Waals surface area contributed by atoms with Gasteiger partial charge in [-0.15, -0.1) is 0 Å². The molecule has 6 heteroatoms. The molecule has 0 radical (unpaired) electrons. The Morgan fingerprint density at radius 1 is 1.43 bits per heavy atom. The molecule has 0 amide bonds. The molecule has 0 bridgehead atoms. The molecular weight excluding hydrogens is 268 g/mol. The fourth-order valence-corrected chi connectivity index (χ4v) is 2.03. The maximum Gasteiger partial charge on any atom is 0.299 e. The van der Waals surface area contributed by atoms with E-state index in [2.05, 4.69) is 22.2 Å². The first-order valence-corrected chi connectivity index (χ1v) is 6.96. The Hall–Kier alpha value is -2.37. The molecule has 0 saturated heterocycles. The van der Waals surface area contributed by atoms with Crippen molar-refractivity contribution >= 4 is 5.82 Å². The molecule has 2 rings (SSSR count). The topological polar surface area (TPSA) is 69.0 Å². The van der Waals surface area contributed by atoms with Crippen molar-refractivity contribution in [3.05, 3.63) is 46.0 Å². The summed E-state index contributed by atoms with van der Waals surface area (Å²) < 4.78 is 6.71. The molecule has 21 heavy (non-hydrogen) atoms. The van der Waals surface area contributed by atoms with E-state index in [4.69, 9.17) is 4.74 Å². The molecule has 0 spiro atoms. The van der Waals surface area contributed by atoms with Crippen LogP contribution in [0.1, 0.15) is 24.6 Å². The van der Waals surface area contributed by atoms with Crippen LogP contribution in [-0.2, 0) is 6.54 Å². The Kier molecular flexibility index (Phi) is 4.92. The van der Waals surface area contributed by atoms with E-state index in [-0.39, 0.29) is 5.56 Å². The average molecular weight is 288 g/mol. The third-order valence-electron chi connectivity index (χ3n) is 3.05. The molecule has 2 aromatic rings. The Morgan fingerprint density at radius 2 is 2.24 bits per heavy atom. The summed E-state index contributed by atoms with van der Waals surface area (Å²) in [5, 5.41) is 3.26. The van der Waals surface area contributed by atoms with Gasteiger partial charge >= 0.3 is 0 Å². The van der Waals surface area contributed by atoms with E-state index < -0.39 is 0 Å². The van der Waals surface area contributed by atoms with E-state index >= 15 is 0 Å². The van der Waals surface area contributed by atoms with Crippen LogP contribution < -0.4 is 15.6 Å². The van der Waals surface area contributed by atoms with Gasteiger partial charge in [0.1, 0.15) is 5.82 Å². The summed E-state index contributed by atoms with van der Waals surface area (Å²) in [6.45, 7) is 5.07. The number of rotatable bonds is 6. The number of hydrogen-bond acceptors (Lipinski definition) is 5. The van der Waals surface area contributed by atoms with Crippen LogP contribution in [0.15, 0.2) is 29.2 Å². The minimum Gasteiger partial charge on any atom is -0.468 e. The van der Waals surface area contributed by atoms with Gasteiger partial charge in [0.05, 0.1) is 13.7 Å². The molecule has 2 heterocycles. The summed E-state index contributed by atoms with van der Waals surface area (Å²) in [4.78, 5) is 20.7. The molecular formula is C15H20N4O2. The van der Waals surface area contributed by atoms with Crippen molar-refractivity contribution in [3.8, 4) is 6.01 Å². The quantitative estimate of drug-likeness (QED) is 0.878. The summed E-state index contributed by atoms with van der Waals surface area (Å²) in [5.74, 6) is 0.786. The zero-order chi connectivity index (χ0) is 15.2. The normalized spacial score (nSPS) is 10.4. The van der Waals surface area contributed by atoms with Gasteiger partial charge in [-0.1, -0.05) is 13.0 Å². The number of anilines is 1. The molecule has 0 saturated carbocycles. The van der Waals surface area contributed by atoms with E-state index in [1.54, 1.807) is 13.1 Å². The lowest BCUT2D eigenvalue weighted by Gasteiger charge is -2.14. The number of pyridine rings is 1. The fraction of sp³-hybridized carbons (Fsp3) is 0.400. The first-order chi connectivity index (χ1) is 10.2. The van der Waals surface area contributed by atoms with Crippen molar-refractivity contribution in [3.63, 3.8) is 0 Å². The number of aryl methyl sites for hydroxylation is 1. The lowest BCUT2D eigenvalue weighted by Crippen LogP contribution is -2.24. The SMILES string of the molecule is CCCNc1ncccc1Cn1c(OC)nc(C)cc1=O. The smallest absolute Gasteiger partial charge is 0.299 e. The molecule has 0 unspecified atom stereocenters. The van der Waals surface area contributed by atoms with Gasteiger partial charge in [0, 0.05) is 30.1 Å². The summed E-state index contributed by atoms with van der Waals surface area (Å²) in [6, 6.07) is 5.60. The van der Waals surface area contributed by atoms with Gasteiger partial charge in [0.25, 0.3) is 11.6 Å². The number of methoxy groups -OCH3 is 1. The molecule has 0 fully saturated rings. The third kappa shape index (κ3) is 3.59. The number of nitrogens with zero attached hydrogens (tertiary/aromatic N) is 3. The summed E-state index contributed by atoms with van der Waals surface area (Å²) >= 11 is 0. The molecule has 0 aliphatic rings. The van der Waals surface area contributed by atoms with E-state index in [1.165, 1.54) is 17.7 Å². The van der Waals surface area contributed by atoms with Gasteiger partial charge in [0.2, 0.25) is 0 Å². The lowest BCUT2D eigenvalue weighted by molar-refractivity contribution is 0.350. The molecule has 112 valence electrons. The summed E-state index contributed by atoms with van der Waals surface area (Å²) in [5.41, 5.74) is 1.44. The Labute approximate surface area is 123 Å². The maximum atomic E-state index is 12.2. The van der Waals surface area contributed by atoms with Gasteiger partial charge in [-0.25, -0.2) is 9.97 Å². The molecule has 0 aromatic carbocycles. The van der Waals surface area contributed by atoms with Gasteiger partial charge in [0.15, 0.2) is 0 Å². The Balaban J connectivity index is 2.36. The highest BCUT2D eigenvalue weighted by molar-refractivity contribution is 5.43. The zero-order valence-electron chi connectivity index (χ0n) is 12.6. The second kappa shape index (κ2) is 6.88. The number of nitrogens with one attached hydrogen (secondary N) is 1. The first-order valence-electron chi connectivity index (χ1n) is 6.96. The summed E-state index contributed by atoms with van der Waals surface area (Å²) in [7, 11) is 1.51. The predicted molar refractivity (Wildman–Crippen MR) is 81.9 cm³/mol. The van der Waals surface area contributed by atoms with Crippen LogP contribution in [-0.4, -0.2) is 28.2 Å². The maximum absolute atomic E-state index is 12.2. The zero-order valence-corrected chi connectivity index (χ0v) is 12.6. The summed E-state index contributed by atoms with van der Waals surface area (Å²) in [6.07, 6.45) is 2.74. The van der Waals surface area contributed by atoms with Crippen LogP contribution in [0.5, 0.6) is 6.01 Å². The lowest BCUT2D eigenvalue weighted by atomic mass is 10.2. The van der Waals surface area contributed by atoms with Crippen LogP contribution in [0.2, 0.25) is 0 Å². The molecule has 2 aromatic heterocycles. The highest BCUT2D eigenvalue weighted by Gasteiger charge is 2.10. The highest BCUT2D eigenvalue weighted by Crippen LogP contribution is 2.15. The van der Waals surface area contributed by atoms with Crippen molar-refractivity contribution in [2.45, 2.75) is 26.8 Å². The minimum absolute atomic E-state index is 0.135. The van der Waals surface area contributed by atoms with Crippen molar-refractivity contribution in [1.82, 2.24) is 14.5 Å². The number of aromatic nitrogens is 3. The predicted octanol–water partition coefficient (Wildman–Crippen LogP) is 1.83. The van der Waals surface area contributed by atoms with Crippen LogP contribution in [0, 0.1) is 6.92 Å². The first kappa shape index (κ1) is 15.0. The van der Waals surface area contributed by atoms with Crippen molar-refractivity contribution in [2.24, 2.45) is 0 Å². The van der Waals surface area contributed by atoms with Gasteiger partial charge < -0.3 is 10.1 Å². The van der Waals surface area contributed by atoms with Gasteiger partial charge in [-0.2, -0.15) is 0 Å². The van der Waals surface area contributed by atoms with Gasteiger partial charge in [-0.05, 0) is 19.4 Å². The van der Waals surface area contributed by atoms with E-state index in [1.807, 2.05) is 12.1 Å². The molecule has 6 nitrogen and oxygen atoms in total. The second-order valence-electron chi connectivity index (χ2n) is 4.75. The van der Waals surface area contributed by atoms with Crippen molar-refractivity contribution < 1.29 is 4.74 Å². The molecule has 0 aliphatic carbocycles.